The maximum absolute atomic E-state index is 12.8. The standard InChI is InChI=1S/C22H28N4OS/c1-3-19-13-20-21(28-19)23-15-26(22(20)27)16-24(2)14-17-7-9-18(10-8-17)25-11-5-4-6-12-25/h7-10,13,15H,3-6,11-12,14,16H2,1-2H3. The molecule has 28 heavy (non-hydrogen) atoms. The van der Waals surface area contributed by atoms with Crippen molar-refractivity contribution in [3.8, 4) is 0 Å². The molecule has 1 saturated heterocycles. The summed E-state index contributed by atoms with van der Waals surface area (Å²) in [6.45, 7) is 5.77. The highest BCUT2D eigenvalue weighted by Gasteiger charge is 2.12. The van der Waals surface area contributed by atoms with Gasteiger partial charge in [-0.25, -0.2) is 4.98 Å². The van der Waals surface area contributed by atoms with Crippen LogP contribution in [-0.4, -0.2) is 34.6 Å². The molecule has 1 aromatic carbocycles. The predicted molar refractivity (Wildman–Crippen MR) is 117 cm³/mol. The second kappa shape index (κ2) is 8.45. The summed E-state index contributed by atoms with van der Waals surface area (Å²) >= 11 is 1.61. The number of hydrogen-bond donors (Lipinski definition) is 0. The first kappa shape index (κ1) is 19.2. The van der Waals surface area contributed by atoms with Gasteiger partial charge in [-0.1, -0.05) is 19.1 Å². The Kier molecular flexibility index (Phi) is 5.78. The van der Waals surface area contributed by atoms with Crippen LogP contribution in [0.1, 0.15) is 36.6 Å². The smallest absolute Gasteiger partial charge is 0.263 e. The van der Waals surface area contributed by atoms with Crippen LogP contribution in [0, 0.1) is 0 Å². The minimum Gasteiger partial charge on any atom is -0.372 e. The van der Waals surface area contributed by atoms with Crippen molar-refractivity contribution >= 4 is 27.2 Å². The van der Waals surface area contributed by atoms with Crippen molar-refractivity contribution in [1.29, 1.82) is 0 Å². The fourth-order valence-electron chi connectivity index (χ4n) is 3.87. The highest BCUT2D eigenvalue weighted by atomic mass is 32.1. The van der Waals surface area contributed by atoms with Crippen molar-refractivity contribution in [3.05, 3.63) is 57.5 Å². The van der Waals surface area contributed by atoms with E-state index in [4.69, 9.17) is 0 Å². The lowest BCUT2D eigenvalue weighted by Gasteiger charge is -2.29. The van der Waals surface area contributed by atoms with E-state index in [0.29, 0.717) is 6.67 Å². The number of benzene rings is 1. The third kappa shape index (κ3) is 4.13. The number of hydrogen-bond acceptors (Lipinski definition) is 5. The van der Waals surface area contributed by atoms with E-state index in [1.165, 1.54) is 48.5 Å². The normalized spacial score (nSPS) is 14.9. The average molecular weight is 397 g/mol. The number of aryl methyl sites for hydroxylation is 1. The van der Waals surface area contributed by atoms with Gasteiger partial charge in [-0.2, -0.15) is 0 Å². The SMILES string of the molecule is CCc1cc2c(=O)n(CN(C)Cc3ccc(N4CCCCC4)cc3)cnc2s1. The monoisotopic (exact) mass is 396 g/mol. The molecule has 0 N–H and O–H groups in total. The lowest BCUT2D eigenvalue weighted by Crippen LogP contribution is -2.30. The van der Waals surface area contributed by atoms with Crippen molar-refractivity contribution in [2.24, 2.45) is 0 Å². The van der Waals surface area contributed by atoms with Gasteiger partial charge in [-0.05, 0) is 56.5 Å². The lowest BCUT2D eigenvalue weighted by molar-refractivity contribution is 0.256. The van der Waals surface area contributed by atoms with Crippen LogP contribution in [0.25, 0.3) is 10.2 Å². The summed E-state index contributed by atoms with van der Waals surface area (Å²) < 4.78 is 1.70. The third-order valence-electron chi connectivity index (χ3n) is 5.42. The van der Waals surface area contributed by atoms with Crippen LogP contribution < -0.4 is 10.5 Å². The highest BCUT2D eigenvalue weighted by Crippen LogP contribution is 2.22. The fourth-order valence-corrected chi connectivity index (χ4v) is 4.80. The summed E-state index contributed by atoms with van der Waals surface area (Å²) in [6, 6.07) is 10.9. The van der Waals surface area contributed by atoms with E-state index in [1.54, 1.807) is 22.2 Å². The zero-order valence-electron chi connectivity index (χ0n) is 16.7. The summed E-state index contributed by atoms with van der Waals surface area (Å²) in [5.41, 5.74) is 2.63. The Bertz CT molecular complexity index is 986. The molecule has 0 spiro atoms. The Labute approximate surface area is 170 Å². The van der Waals surface area contributed by atoms with Crippen LogP contribution in [0.4, 0.5) is 5.69 Å². The summed E-state index contributed by atoms with van der Waals surface area (Å²) in [6.07, 6.45) is 6.55. The minimum absolute atomic E-state index is 0.0493. The molecular formula is C22H28N4OS. The number of thiophene rings is 1. The van der Waals surface area contributed by atoms with Gasteiger partial charge >= 0.3 is 0 Å². The second-order valence-corrected chi connectivity index (χ2v) is 8.79. The molecule has 0 saturated carbocycles. The van der Waals surface area contributed by atoms with Crippen molar-refractivity contribution in [2.75, 3.05) is 25.0 Å². The summed E-state index contributed by atoms with van der Waals surface area (Å²) in [5.74, 6) is 0. The number of piperidine rings is 1. The number of rotatable bonds is 6. The van der Waals surface area contributed by atoms with Gasteiger partial charge in [0, 0.05) is 30.2 Å². The maximum atomic E-state index is 12.8. The summed E-state index contributed by atoms with van der Waals surface area (Å²) in [4.78, 5) is 23.9. The third-order valence-corrected chi connectivity index (χ3v) is 6.61. The van der Waals surface area contributed by atoms with Gasteiger partial charge in [-0.15, -0.1) is 11.3 Å². The molecule has 0 atom stereocenters. The highest BCUT2D eigenvalue weighted by molar-refractivity contribution is 7.18. The van der Waals surface area contributed by atoms with Crippen LogP contribution in [0.3, 0.4) is 0 Å². The molecular weight excluding hydrogens is 368 g/mol. The van der Waals surface area contributed by atoms with E-state index in [1.807, 2.05) is 13.1 Å². The molecule has 0 aliphatic carbocycles. The molecule has 0 radical (unpaired) electrons. The topological polar surface area (TPSA) is 41.4 Å². The zero-order valence-corrected chi connectivity index (χ0v) is 17.5. The van der Waals surface area contributed by atoms with Crippen molar-refractivity contribution in [3.63, 3.8) is 0 Å². The van der Waals surface area contributed by atoms with E-state index < -0.39 is 0 Å². The molecule has 2 aromatic heterocycles. The van der Waals surface area contributed by atoms with Crippen LogP contribution in [0.2, 0.25) is 0 Å². The predicted octanol–water partition coefficient (Wildman–Crippen LogP) is 4.10. The lowest BCUT2D eigenvalue weighted by atomic mass is 10.1. The molecule has 6 heteroatoms. The largest absolute Gasteiger partial charge is 0.372 e. The molecule has 4 rings (SSSR count). The maximum Gasteiger partial charge on any atom is 0.263 e. The van der Waals surface area contributed by atoms with Gasteiger partial charge in [0.15, 0.2) is 0 Å². The van der Waals surface area contributed by atoms with Crippen molar-refractivity contribution in [2.45, 2.75) is 45.8 Å². The number of anilines is 1. The van der Waals surface area contributed by atoms with Gasteiger partial charge in [-0.3, -0.25) is 14.3 Å². The molecule has 3 heterocycles. The van der Waals surface area contributed by atoms with Crippen molar-refractivity contribution < 1.29 is 0 Å². The van der Waals surface area contributed by atoms with Crippen molar-refractivity contribution in [1.82, 2.24) is 14.5 Å². The van der Waals surface area contributed by atoms with E-state index >= 15 is 0 Å². The molecule has 1 aliphatic rings. The van der Waals surface area contributed by atoms with Crippen LogP contribution in [-0.2, 0) is 19.6 Å². The molecule has 1 aliphatic heterocycles. The number of aromatic nitrogens is 2. The molecule has 5 nitrogen and oxygen atoms in total. The molecule has 148 valence electrons. The van der Waals surface area contributed by atoms with Gasteiger partial charge < -0.3 is 4.90 Å². The Morgan fingerprint density at radius 1 is 1.14 bits per heavy atom. The van der Waals surface area contributed by atoms with E-state index in [-0.39, 0.29) is 5.56 Å². The van der Waals surface area contributed by atoms with Gasteiger partial charge in [0.1, 0.15) is 11.2 Å². The summed E-state index contributed by atoms with van der Waals surface area (Å²) in [5, 5.41) is 0.739. The summed E-state index contributed by atoms with van der Waals surface area (Å²) in [7, 11) is 2.04. The van der Waals surface area contributed by atoms with Crippen LogP contribution >= 0.6 is 11.3 Å². The van der Waals surface area contributed by atoms with Crippen LogP contribution in [0.15, 0.2) is 41.5 Å². The van der Waals surface area contributed by atoms with Gasteiger partial charge in [0.25, 0.3) is 5.56 Å². The fraction of sp³-hybridized carbons (Fsp3) is 0.455. The molecule has 1 fully saturated rings. The first-order valence-electron chi connectivity index (χ1n) is 10.1. The molecule has 0 unspecified atom stereocenters. The number of nitrogens with zero attached hydrogens (tertiary/aromatic N) is 4. The first-order chi connectivity index (χ1) is 13.6. The van der Waals surface area contributed by atoms with Gasteiger partial charge in [0.05, 0.1) is 12.1 Å². The van der Waals surface area contributed by atoms with Gasteiger partial charge in [0.2, 0.25) is 0 Å². The second-order valence-electron chi connectivity index (χ2n) is 7.67. The first-order valence-corrected chi connectivity index (χ1v) is 11.0. The Balaban J connectivity index is 1.42. The van der Waals surface area contributed by atoms with E-state index in [9.17, 15) is 4.79 Å². The van der Waals surface area contributed by atoms with Crippen LogP contribution in [0.5, 0.6) is 0 Å². The molecule has 3 aromatic rings. The van der Waals surface area contributed by atoms with E-state index in [2.05, 4.69) is 46.0 Å². The quantitative estimate of drug-likeness (QED) is 0.629. The Hall–Kier alpha value is -2.18. The average Bonchev–Trinajstić information content (AvgIpc) is 3.16. The minimum atomic E-state index is 0.0493. The van der Waals surface area contributed by atoms with E-state index in [0.717, 1.165) is 23.2 Å². The molecule has 0 bridgehead atoms. The number of fused-ring (bicyclic) bond motifs is 1. The molecule has 0 amide bonds. The Morgan fingerprint density at radius 3 is 2.61 bits per heavy atom. The zero-order chi connectivity index (χ0) is 19.5. The Morgan fingerprint density at radius 2 is 1.89 bits per heavy atom.